The van der Waals surface area contributed by atoms with Crippen LogP contribution in [0.25, 0.3) is 0 Å². The van der Waals surface area contributed by atoms with Crippen molar-refractivity contribution in [2.24, 2.45) is 0 Å². The molecule has 0 aromatic heterocycles. The predicted octanol–water partition coefficient (Wildman–Crippen LogP) is 1.96. The lowest BCUT2D eigenvalue weighted by molar-refractivity contribution is -0.121. The number of hydrogen-bond acceptors (Lipinski definition) is 4. The van der Waals surface area contributed by atoms with E-state index in [-0.39, 0.29) is 11.9 Å². The van der Waals surface area contributed by atoms with Crippen molar-refractivity contribution in [1.82, 2.24) is 10.6 Å². The third-order valence-corrected chi connectivity index (χ3v) is 4.60. The first-order valence-corrected chi connectivity index (χ1v) is 8.14. The lowest BCUT2D eigenvalue weighted by Gasteiger charge is -2.24. The quantitative estimate of drug-likeness (QED) is 0.894. The lowest BCUT2D eigenvalue weighted by Crippen LogP contribution is -2.43. The van der Waals surface area contributed by atoms with Gasteiger partial charge in [0.05, 0.1) is 6.04 Å². The van der Waals surface area contributed by atoms with Gasteiger partial charge in [-0.2, -0.15) is 0 Å². The zero-order valence-corrected chi connectivity index (χ0v) is 13.5. The summed E-state index contributed by atoms with van der Waals surface area (Å²) < 4.78 is 5.24. The number of carbonyl (C=O) groups excluding carboxylic acids is 2. The molecule has 6 heteroatoms. The van der Waals surface area contributed by atoms with E-state index in [0.29, 0.717) is 5.92 Å². The van der Waals surface area contributed by atoms with Gasteiger partial charge in [0.1, 0.15) is 0 Å². The van der Waals surface area contributed by atoms with Crippen molar-refractivity contribution in [3.05, 3.63) is 29.8 Å². The molecule has 2 aliphatic rings. The van der Waals surface area contributed by atoms with E-state index in [2.05, 4.69) is 22.8 Å². The smallest absolute Gasteiger partial charge is 0.416 e. The van der Waals surface area contributed by atoms with Crippen molar-refractivity contribution < 1.29 is 14.3 Å². The fraction of sp³-hybridized carbons (Fsp3) is 0.529. The summed E-state index contributed by atoms with van der Waals surface area (Å²) in [7, 11) is 0. The van der Waals surface area contributed by atoms with Crippen LogP contribution in [0.1, 0.15) is 38.2 Å². The minimum atomic E-state index is -0.607. The Morgan fingerprint density at radius 2 is 1.91 bits per heavy atom. The van der Waals surface area contributed by atoms with Gasteiger partial charge in [-0.05, 0) is 56.5 Å². The minimum absolute atomic E-state index is 0.210. The molecule has 0 saturated carbocycles. The Balaban J connectivity index is 1.73. The topological polar surface area (TPSA) is 70.7 Å². The van der Waals surface area contributed by atoms with E-state index in [4.69, 9.17) is 4.74 Å². The molecule has 23 heavy (non-hydrogen) atoms. The largest absolute Gasteiger partial charge is 0.423 e. The average molecular weight is 317 g/mol. The Bertz CT molecular complexity index is 581. The van der Waals surface area contributed by atoms with E-state index in [9.17, 15) is 9.59 Å². The highest BCUT2D eigenvalue weighted by molar-refractivity contribution is 5.91. The maximum atomic E-state index is 12.1. The van der Waals surface area contributed by atoms with Crippen LogP contribution < -0.4 is 15.5 Å². The second-order valence-electron chi connectivity index (χ2n) is 6.23. The van der Waals surface area contributed by atoms with Crippen molar-refractivity contribution in [2.75, 3.05) is 18.0 Å². The van der Waals surface area contributed by atoms with Gasteiger partial charge in [-0.1, -0.05) is 12.1 Å². The Kier molecular flexibility index (Phi) is 4.52. The molecule has 124 valence electrons. The highest BCUT2D eigenvalue weighted by Gasteiger charge is 2.40. The van der Waals surface area contributed by atoms with E-state index in [1.54, 1.807) is 4.90 Å². The van der Waals surface area contributed by atoms with Gasteiger partial charge >= 0.3 is 6.09 Å². The van der Waals surface area contributed by atoms with Crippen LogP contribution in [0.2, 0.25) is 0 Å². The first-order valence-electron chi connectivity index (χ1n) is 8.14. The number of cyclic esters (lactones) is 1. The molecule has 2 aliphatic heterocycles. The molecule has 2 heterocycles. The van der Waals surface area contributed by atoms with E-state index >= 15 is 0 Å². The Morgan fingerprint density at radius 1 is 1.26 bits per heavy atom. The van der Waals surface area contributed by atoms with Gasteiger partial charge in [0.15, 0.2) is 6.23 Å². The van der Waals surface area contributed by atoms with Crippen LogP contribution in [0, 0.1) is 0 Å². The first-order chi connectivity index (χ1) is 11.1. The monoisotopic (exact) mass is 317 g/mol. The summed E-state index contributed by atoms with van der Waals surface area (Å²) >= 11 is 0. The molecule has 1 aromatic rings. The molecule has 2 fully saturated rings. The molecule has 0 bridgehead atoms. The second-order valence-corrected chi connectivity index (χ2v) is 6.23. The number of carbonyl (C=O) groups is 2. The van der Waals surface area contributed by atoms with Crippen LogP contribution in [0.5, 0.6) is 0 Å². The first kappa shape index (κ1) is 15.8. The van der Waals surface area contributed by atoms with Crippen LogP contribution in [0.15, 0.2) is 24.3 Å². The molecule has 2 N–H and O–H groups in total. The third-order valence-electron chi connectivity index (χ3n) is 4.60. The van der Waals surface area contributed by atoms with Gasteiger partial charge in [0, 0.05) is 12.6 Å². The Morgan fingerprint density at radius 3 is 2.52 bits per heavy atom. The van der Waals surface area contributed by atoms with Crippen LogP contribution in [0.4, 0.5) is 10.5 Å². The van der Waals surface area contributed by atoms with Crippen LogP contribution in [-0.4, -0.2) is 37.4 Å². The summed E-state index contributed by atoms with van der Waals surface area (Å²) in [5, 5.41) is 6.02. The van der Waals surface area contributed by atoms with Crippen molar-refractivity contribution in [3.8, 4) is 0 Å². The van der Waals surface area contributed by atoms with Gasteiger partial charge in [0.2, 0.25) is 5.91 Å². The van der Waals surface area contributed by atoms with E-state index in [1.807, 2.05) is 19.1 Å². The van der Waals surface area contributed by atoms with Gasteiger partial charge in [-0.15, -0.1) is 0 Å². The number of anilines is 1. The molecule has 2 saturated heterocycles. The molecule has 0 aliphatic carbocycles. The van der Waals surface area contributed by atoms with E-state index < -0.39 is 12.3 Å². The van der Waals surface area contributed by atoms with E-state index in [1.165, 1.54) is 12.5 Å². The number of rotatable bonds is 3. The van der Waals surface area contributed by atoms with Crippen LogP contribution >= 0.6 is 0 Å². The highest BCUT2D eigenvalue weighted by atomic mass is 16.6. The van der Waals surface area contributed by atoms with Crippen molar-refractivity contribution in [2.45, 2.75) is 44.9 Å². The number of benzene rings is 1. The summed E-state index contributed by atoms with van der Waals surface area (Å²) in [6.45, 7) is 5.39. The fourth-order valence-electron chi connectivity index (χ4n) is 3.32. The zero-order chi connectivity index (χ0) is 16.4. The summed E-state index contributed by atoms with van der Waals surface area (Å²) in [5.74, 6) is 0.373. The third kappa shape index (κ3) is 3.32. The van der Waals surface area contributed by atoms with Gasteiger partial charge in [0.25, 0.3) is 0 Å². The second kappa shape index (κ2) is 6.58. The fourth-order valence-corrected chi connectivity index (χ4v) is 3.32. The SMILES string of the molecule is CC(=O)N[C@H]1OC(=O)N(c2ccc(C3CCNCC3)cc2)C1C. The number of hydrogen-bond donors (Lipinski definition) is 2. The minimum Gasteiger partial charge on any atom is -0.423 e. The summed E-state index contributed by atoms with van der Waals surface area (Å²) in [4.78, 5) is 24.9. The van der Waals surface area contributed by atoms with Gasteiger partial charge in [-0.3, -0.25) is 9.69 Å². The molecule has 1 aromatic carbocycles. The van der Waals surface area contributed by atoms with Crippen molar-refractivity contribution in [3.63, 3.8) is 0 Å². The standard InChI is InChI=1S/C17H23N3O3/c1-11-16(19-12(2)21)23-17(22)20(11)15-5-3-13(4-6-15)14-7-9-18-10-8-14/h3-6,11,14,16,18H,7-10H2,1-2H3,(H,19,21)/t11?,16-/m0/s1. The molecule has 0 spiro atoms. The van der Waals surface area contributed by atoms with Gasteiger partial charge in [-0.25, -0.2) is 4.79 Å². The van der Waals surface area contributed by atoms with Crippen molar-refractivity contribution >= 4 is 17.7 Å². The molecule has 2 atom stereocenters. The molecular weight excluding hydrogens is 294 g/mol. The summed E-state index contributed by atoms with van der Waals surface area (Å²) in [6.07, 6.45) is 1.26. The average Bonchev–Trinajstić information content (AvgIpc) is 2.82. The number of amides is 2. The van der Waals surface area contributed by atoms with Crippen LogP contribution in [-0.2, 0) is 9.53 Å². The summed E-state index contributed by atoms with van der Waals surface area (Å²) in [6, 6.07) is 7.88. The normalized spacial score (nSPS) is 25.3. The number of ether oxygens (including phenoxy) is 1. The zero-order valence-electron chi connectivity index (χ0n) is 13.5. The number of nitrogens with zero attached hydrogens (tertiary/aromatic N) is 1. The van der Waals surface area contributed by atoms with Crippen LogP contribution in [0.3, 0.4) is 0 Å². The highest BCUT2D eigenvalue weighted by Crippen LogP contribution is 2.30. The molecule has 6 nitrogen and oxygen atoms in total. The molecule has 1 unspecified atom stereocenters. The Hall–Kier alpha value is -2.08. The summed E-state index contributed by atoms with van der Waals surface area (Å²) in [5.41, 5.74) is 2.11. The van der Waals surface area contributed by atoms with E-state index in [0.717, 1.165) is 31.6 Å². The lowest BCUT2D eigenvalue weighted by atomic mass is 9.90. The van der Waals surface area contributed by atoms with Crippen molar-refractivity contribution in [1.29, 1.82) is 0 Å². The maximum Gasteiger partial charge on any atom is 0.416 e. The predicted molar refractivity (Wildman–Crippen MR) is 87.3 cm³/mol. The maximum absolute atomic E-state index is 12.1. The molecule has 0 radical (unpaired) electrons. The number of piperidine rings is 1. The Labute approximate surface area is 136 Å². The molecular formula is C17H23N3O3. The number of nitrogens with one attached hydrogen (secondary N) is 2. The van der Waals surface area contributed by atoms with Gasteiger partial charge < -0.3 is 15.4 Å². The molecule has 3 rings (SSSR count). The molecule has 2 amide bonds.